The molecule has 21 heavy (non-hydrogen) atoms. The van der Waals surface area contributed by atoms with Gasteiger partial charge >= 0.3 is 5.97 Å². The van der Waals surface area contributed by atoms with Gasteiger partial charge in [0.25, 0.3) is 0 Å². The van der Waals surface area contributed by atoms with Gasteiger partial charge in [0.05, 0.1) is 24.7 Å². The number of amides is 1. The predicted octanol–water partition coefficient (Wildman–Crippen LogP) is 2.28. The Morgan fingerprint density at radius 1 is 1.38 bits per heavy atom. The number of allylic oxidation sites excluding steroid dienone is 1. The summed E-state index contributed by atoms with van der Waals surface area (Å²) in [7, 11) is 2.90. The highest BCUT2D eigenvalue weighted by atomic mass is 16.5. The number of carbonyl (C=O) groups excluding carboxylic acids is 2. The molecule has 1 heterocycles. The monoisotopic (exact) mass is 295 g/mol. The van der Waals surface area contributed by atoms with Crippen LogP contribution in [0, 0.1) is 5.92 Å². The van der Waals surface area contributed by atoms with Crippen molar-refractivity contribution in [2.75, 3.05) is 14.2 Å². The Kier molecular flexibility index (Phi) is 5.34. The third-order valence-electron chi connectivity index (χ3n) is 4.00. The van der Waals surface area contributed by atoms with Crippen LogP contribution in [-0.2, 0) is 19.1 Å². The van der Waals surface area contributed by atoms with Gasteiger partial charge in [-0.15, -0.1) is 6.58 Å². The largest absolute Gasteiger partial charge is 0.464 e. The molecular formula is C16H25NO4. The second-order valence-electron chi connectivity index (χ2n) is 5.93. The van der Waals surface area contributed by atoms with Gasteiger partial charge in [-0.2, -0.15) is 0 Å². The van der Waals surface area contributed by atoms with Crippen LogP contribution in [0.25, 0.3) is 0 Å². The van der Waals surface area contributed by atoms with Gasteiger partial charge in [-0.25, -0.2) is 4.79 Å². The molecule has 1 aliphatic heterocycles. The standard InChI is InChI=1S/C16H25NO4/c1-8-9-11-12(16(4,5)21-7)14(18)17(11)13(10(2)3)15(19)20-6/h8,11-12H,1,9H2,2-7H3/t11-,12-/m1/s1. The first kappa shape index (κ1) is 17.4. The van der Waals surface area contributed by atoms with E-state index in [1.54, 1.807) is 27.0 Å². The zero-order chi connectivity index (χ0) is 16.4. The van der Waals surface area contributed by atoms with Gasteiger partial charge in [-0.1, -0.05) is 6.08 Å². The second kappa shape index (κ2) is 6.43. The third kappa shape index (κ3) is 3.02. The topological polar surface area (TPSA) is 55.8 Å². The number of hydrogen-bond acceptors (Lipinski definition) is 4. The van der Waals surface area contributed by atoms with E-state index in [0.717, 1.165) is 5.57 Å². The molecule has 0 aliphatic carbocycles. The fourth-order valence-corrected chi connectivity index (χ4v) is 2.76. The van der Waals surface area contributed by atoms with Crippen LogP contribution in [0.1, 0.15) is 34.1 Å². The third-order valence-corrected chi connectivity index (χ3v) is 4.00. The lowest BCUT2D eigenvalue weighted by molar-refractivity contribution is -0.175. The molecule has 0 aromatic heterocycles. The minimum Gasteiger partial charge on any atom is -0.464 e. The van der Waals surface area contributed by atoms with Crippen molar-refractivity contribution in [1.29, 1.82) is 0 Å². The summed E-state index contributed by atoms with van der Waals surface area (Å²) < 4.78 is 10.3. The molecule has 1 saturated heterocycles. The summed E-state index contributed by atoms with van der Waals surface area (Å²) in [6.45, 7) is 11.1. The molecule has 1 aliphatic rings. The maximum Gasteiger partial charge on any atom is 0.354 e. The first-order chi connectivity index (χ1) is 9.72. The normalized spacial score (nSPS) is 21.6. The summed E-state index contributed by atoms with van der Waals surface area (Å²) in [5, 5.41) is 0. The van der Waals surface area contributed by atoms with E-state index < -0.39 is 11.6 Å². The van der Waals surface area contributed by atoms with Gasteiger partial charge in [0.2, 0.25) is 5.91 Å². The van der Waals surface area contributed by atoms with E-state index in [1.165, 1.54) is 12.0 Å². The van der Waals surface area contributed by atoms with Crippen LogP contribution in [0.3, 0.4) is 0 Å². The van der Waals surface area contributed by atoms with Gasteiger partial charge in [-0.05, 0) is 39.7 Å². The van der Waals surface area contributed by atoms with Crippen LogP contribution in [0.4, 0.5) is 0 Å². The highest BCUT2D eigenvalue weighted by Gasteiger charge is 2.56. The number of nitrogens with zero attached hydrogens (tertiary/aromatic N) is 1. The average molecular weight is 295 g/mol. The van der Waals surface area contributed by atoms with Gasteiger partial charge < -0.3 is 14.4 Å². The molecule has 5 heteroatoms. The fourth-order valence-electron chi connectivity index (χ4n) is 2.76. The lowest BCUT2D eigenvalue weighted by atomic mass is 9.74. The molecule has 1 rings (SSSR count). The number of β-lactam (4-membered cyclic amide) rings is 1. The number of ether oxygens (including phenoxy) is 2. The molecule has 0 aromatic carbocycles. The van der Waals surface area contributed by atoms with E-state index in [9.17, 15) is 9.59 Å². The number of methoxy groups -OCH3 is 2. The smallest absolute Gasteiger partial charge is 0.354 e. The van der Waals surface area contributed by atoms with E-state index >= 15 is 0 Å². The van der Waals surface area contributed by atoms with Crippen molar-refractivity contribution in [2.24, 2.45) is 5.92 Å². The average Bonchev–Trinajstić information content (AvgIpc) is 2.42. The van der Waals surface area contributed by atoms with Crippen molar-refractivity contribution in [1.82, 2.24) is 4.90 Å². The molecule has 0 aromatic rings. The predicted molar refractivity (Wildman–Crippen MR) is 80.4 cm³/mol. The Hall–Kier alpha value is -1.62. The number of carbonyl (C=O) groups is 2. The highest BCUT2D eigenvalue weighted by Crippen LogP contribution is 2.42. The quantitative estimate of drug-likeness (QED) is 0.326. The summed E-state index contributed by atoms with van der Waals surface area (Å²) in [6.07, 6.45) is 2.35. The van der Waals surface area contributed by atoms with Crippen molar-refractivity contribution < 1.29 is 19.1 Å². The summed E-state index contributed by atoms with van der Waals surface area (Å²) in [4.78, 5) is 26.1. The van der Waals surface area contributed by atoms with Crippen molar-refractivity contribution in [2.45, 2.75) is 45.8 Å². The van der Waals surface area contributed by atoms with Crippen LogP contribution in [0.15, 0.2) is 23.9 Å². The molecule has 118 valence electrons. The van der Waals surface area contributed by atoms with Crippen molar-refractivity contribution in [3.63, 3.8) is 0 Å². The zero-order valence-electron chi connectivity index (χ0n) is 13.7. The Labute approximate surface area is 126 Å². The van der Waals surface area contributed by atoms with Gasteiger partial charge in [0.1, 0.15) is 5.70 Å². The maximum atomic E-state index is 12.6. The second-order valence-corrected chi connectivity index (χ2v) is 5.93. The molecular weight excluding hydrogens is 270 g/mol. The minimum absolute atomic E-state index is 0.115. The summed E-state index contributed by atoms with van der Waals surface area (Å²) in [5.41, 5.74) is 0.472. The number of likely N-dealkylation sites (tertiary alicyclic amines) is 1. The van der Waals surface area contributed by atoms with Gasteiger partial charge in [0, 0.05) is 7.11 Å². The van der Waals surface area contributed by atoms with Crippen LogP contribution in [0.5, 0.6) is 0 Å². The number of esters is 1. The highest BCUT2D eigenvalue weighted by molar-refractivity contribution is 5.99. The SMILES string of the molecule is C=CC[C@@H]1[C@@H](C(C)(C)OC)C(=O)N1C(C(=O)OC)=C(C)C. The van der Waals surface area contributed by atoms with Crippen LogP contribution in [-0.4, -0.2) is 42.6 Å². The van der Waals surface area contributed by atoms with Crippen molar-refractivity contribution in [3.05, 3.63) is 23.9 Å². The van der Waals surface area contributed by atoms with Crippen LogP contribution < -0.4 is 0 Å². The lowest BCUT2D eigenvalue weighted by Crippen LogP contribution is -2.67. The van der Waals surface area contributed by atoms with E-state index in [2.05, 4.69) is 6.58 Å². The Bertz CT molecular complexity index is 475. The summed E-state index contributed by atoms with van der Waals surface area (Å²) in [6, 6.07) is -0.144. The zero-order valence-corrected chi connectivity index (χ0v) is 13.7. The Morgan fingerprint density at radius 2 is 1.95 bits per heavy atom. The number of rotatable bonds is 6. The van der Waals surface area contributed by atoms with E-state index in [0.29, 0.717) is 12.1 Å². The molecule has 2 atom stereocenters. The summed E-state index contributed by atoms with van der Waals surface area (Å²) >= 11 is 0. The van der Waals surface area contributed by atoms with Crippen LogP contribution >= 0.6 is 0 Å². The molecule has 0 radical (unpaired) electrons. The molecule has 1 fully saturated rings. The van der Waals surface area contributed by atoms with E-state index in [4.69, 9.17) is 9.47 Å². The molecule has 0 saturated carbocycles. The molecule has 1 amide bonds. The van der Waals surface area contributed by atoms with E-state index in [1.807, 2.05) is 13.8 Å². The Balaban J connectivity index is 3.20. The summed E-state index contributed by atoms with van der Waals surface area (Å²) in [5.74, 6) is -0.916. The van der Waals surface area contributed by atoms with Crippen molar-refractivity contribution >= 4 is 11.9 Å². The van der Waals surface area contributed by atoms with E-state index in [-0.39, 0.29) is 17.9 Å². The number of hydrogen-bond donors (Lipinski definition) is 0. The maximum absolute atomic E-state index is 12.6. The first-order valence-electron chi connectivity index (χ1n) is 6.97. The molecule has 0 N–H and O–H groups in total. The van der Waals surface area contributed by atoms with Gasteiger partial charge in [0.15, 0.2) is 0 Å². The van der Waals surface area contributed by atoms with Gasteiger partial charge in [-0.3, -0.25) is 4.79 Å². The minimum atomic E-state index is -0.593. The first-order valence-corrected chi connectivity index (χ1v) is 6.97. The van der Waals surface area contributed by atoms with Crippen LogP contribution in [0.2, 0.25) is 0 Å². The fraction of sp³-hybridized carbons (Fsp3) is 0.625. The van der Waals surface area contributed by atoms with Crippen molar-refractivity contribution in [3.8, 4) is 0 Å². The lowest BCUT2D eigenvalue weighted by Gasteiger charge is -2.52. The Morgan fingerprint density at radius 3 is 2.33 bits per heavy atom. The molecule has 0 unspecified atom stereocenters. The molecule has 0 bridgehead atoms. The molecule has 5 nitrogen and oxygen atoms in total. The molecule has 0 spiro atoms.